The van der Waals surface area contributed by atoms with Gasteiger partial charge in [0.25, 0.3) is 0 Å². The van der Waals surface area contributed by atoms with Crippen molar-refractivity contribution in [3.63, 3.8) is 0 Å². The van der Waals surface area contributed by atoms with Gasteiger partial charge in [-0.2, -0.15) is 0 Å². The molecule has 1 aromatic heterocycles. The average molecular weight is 242 g/mol. The second-order valence-corrected chi connectivity index (χ2v) is 4.64. The summed E-state index contributed by atoms with van der Waals surface area (Å²) in [6.07, 6.45) is 3.49. The van der Waals surface area contributed by atoms with Crippen molar-refractivity contribution in [3.8, 4) is 0 Å². The molecule has 0 radical (unpaired) electrons. The number of nitrogens with zero attached hydrogens (tertiary/aromatic N) is 2. The van der Waals surface area contributed by atoms with E-state index in [0.29, 0.717) is 5.92 Å². The highest BCUT2D eigenvalue weighted by Crippen LogP contribution is 2.28. The van der Waals surface area contributed by atoms with Gasteiger partial charge < -0.3 is 9.67 Å². The minimum Gasteiger partial charge on any atom is -0.476 e. The van der Waals surface area contributed by atoms with Crippen molar-refractivity contribution in [1.82, 2.24) is 9.55 Å². The van der Waals surface area contributed by atoms with Crippen molar-refractivity contribution in [2.45, 2.75) is 25.3 Å². The van der Waals surface area contributed by atoms with E-state index >= 15 is 0 Å². The molecular formula is C14H14N2O2. The standard InChI is InChI=1S/C14H14N2O2/c17-14(18)12-9-16-7-6-11(8-13(16)15-12)10-4-2-1-3-5-10/h1-5,9,11H,6-8H2,(H,17,18). The van der Waals surface area contributed by atoms with Gasteiger partial charge in [0.2, 0.25) is 0 Å². The Labute approximate surface area is 105 Å². The number of carboxylic acid groups (broad SMARTS) is 1. The van der Waals surface area contributed by atoms with Crippen molar-refractivity contribution in [2.24, 2.45) is 0 Å². The van der Waals surface area contributed by atoms with Crippen molar-refractivity contribution < 1.29 is 9.90 Å². The molecule has 4 nitrogen and oxygen atoms in total. The van der Waals surface area contributed by atoms with Crippen LogP contribution in [0.1, 0.15) is 34.2 Å². The highest BCUT2D eigenvalue weighted by atomic mass is 16.4. The van der Waals surface area contributed by atoms with Gasteiger partial charge >= 0.3 is 5.97 Å². The monoisotopic (exact) mass is 242 g/mol. The first kappa shape index (κ1) is 11.0. The number of aromatic carboxylic acids is 1. The maximum atomic E-state index is 10.9. The van der Waals surface area contributed by atoms with E-state index in [1.807, 2.05) is 22.8 Å². The lowest BCUT2D eigenvalue weighted by molar-refractivity contribution is 0.0691. The third kappa shape index (κ3) is 1.90. The van der Waals surface area contributed by atoms with E-state index in [-0.39, 0.29) is 5.69 Å². The number of benzene rings is 1. The van der Waals surface area contributed by atoms with Gasteiger partial charge in [-0.1, -0.05) is 30.3 Å². The van der Waals surface area contributed by atoms with Crippen LogP contribution in [0.2, 0.25) is 0 Å². The maximum Gasteiger partial charge on any atom is 0.356 e. The highest BCUT2D eigenvalue weighted by Gasteiger charge is 2.23. The maximum absolute atomic E-state index is 10.9. The van der Waals surface area contributed by atoms with Crippen LogP contribution in [0.25, 0.3) is 0 Å². The van der Waals surface area contributed by atoms with Crippen LogP contribution in [0, 0.1) is 0 Å². The Bertz CT molecular complexity index is 575. The van der Waals surface area contributed by atoms with Crippen LogP contribution in [-0.2, 0) is 13.0 Å². The molecule has 0 bridgehead atoms. The molecule has 0 amide bonds. The minimum absolute atomic E-state index is 0.152. The van der Waals surface area contributed by atoms with Crippen LogP contribution in [0.5, 0.6) is 0 Å². The van der Waals surface area contributed by atoms with E-state index in [9.17, 15) is 4.79 Å². The Morgan fingerprint density at radius 2 is 2.11 bits per heavy atom. The third-order valence-corrected chi connectivity index (χ3v) is 3.50. The molecule has 1 N–H and O–H groups in total. The predicted octanol–water partition coefficient (Wildman–Crippen LogP) is 2.31. The summed E-state index contributed by atoms with van der Waals surface area (Å²) in [7, 11) is 0. The fraction of sp³-hybridized carbons (Fsp3) is 0.286. The lowest BCUT2D eigenvalue weighted by atomic mass is 9.90. The second-order valence-electron chi connectivity index (χ2n) is 4.64. The van der Waals surface area contributed by atoms with Crippen molar-refractivity contribution in [1.29, 1.82) is 0 Å². The first-order valence-electron chi connectivity index (χ1n) is 6.08. The summed E-state index contributed by atoms with van der Waals surface area (Å²) in [5.41, 5.74) is 1.46. The quantitative estimate of drug-likeness (QED) is 0.879. The van der Waals surface area contributed by atoms with E-state index in [1.54, 1.807) is 6.20 Å². The Morgan fingerprint density at radius 1 is 1.33 bits per heavy atom. The number of imidazole rings is 1. The lowest BCUT2D eigenvalue weighted by Gasteiger charge is -2.23. The highest BCUT2D eigenvalue weighted by molar-refractivity contribution is 5.85. The summed E-state index contributed by atoms with van der Waals surface area (Å²) in [5, 5.41) is 8.94. The molecule has 3 rings (SSSR count). The zero-order valence-electron chi connectivity index (χ0n) is 9.91. The summed E-state index contributed by atoms with van der Waals surface area (Å²) >= 11 is 0. The second kappa shape index (κ2) is 4.29. The number of aryl methyl sites for hydroxylation is 1. The Morgan fingerprint density at radius 3 is 2.83 bits per heavy atom. The molecule has 1 aliphatic heterocycles. The predicted molar refractivity (Wildman–Crippen MR) is 66.7 cm³/mol. The van der Waals surface area contributed by atoms with Crippen LogP contribution in [-0.4, -0.2) is 20.6 Å². The summed E-state index contributed by atoms with van der Waals surface area (Å²) in [4.78, 5) is 15.1. The number of carbonyl (C=O) groups is 1. The zero-order valence-corrected chi connectivity index (χ0v) is 9.91. The molecule has 4 heteroatoms. The first-order valence-corrected chi connectivity index (χ1v) is 6.08. The summed E-state index contributed by atoms with van der Waals surface area (Å²) < 4.78 is 1.96. The van der Waals surface area contributed by atoms with Crippen LogP contribution in [0.15, 0.2) is 36.5 Å². The molecule has 18 heavy (non-hydrogen) atoms. The lowest BCUT2D eigenvalue weighted by Crippen LogP contribution is -2.17. The third-order valence-electron chi connectivity index (χ3n) is 3.50. The average Bonchev–Trinajstić information content (AvgIpc) is 2.82. The van der Waals surface area contributed by atoms with E-state index in [0.717, 1.165) is 25.2 Å². The fourth-order valence-corrected chi connectivity index (χ4v) is 2.54. The molecule has 0 fully saturated rings. The molecule has 0 saturated heterocycles. The normalized spacial score (nSPS) is 18.3. The van der Waals surface area contributed by atoms with Crippen LogP contribution >= 0.6 is 0 Å². The van der Waals surface area contributed by atoms with Crippen molar-refractivity contribution >= 4 is 5.97 Å². The SMILES string of the molecule is O=C(O)c1cn2c(n1)CC(c1ccccc1)CC2. The molecule has 1 unspecified atom stereocenters. The van der Waals surface area contributed by atoms with Crippen LogP contribution < -0.4 is 0 Å². The fourth-order valence-electron chi connectivity index (χ4n) is 2.54. The molecule has 2 aromatic rings. The van der Waals surface area contributed by atoms with E-state index < -0.39 is 5.97 Å². The smallest absolute Gasteiger partial charge is 0.356 e. The van der Waals surface area contributed by atoms with Gasteiger partial charge in [-0.05, 0) is 17.9 Å². The molecule has 2 heterocycles. The number of hydrogen-bond donors (Lipinski definition) is 1. The van der Waals surface area contributed by atoms with Crippen molar-refractivity contribution in [2.75, 3.05) is 0 Å². The van der Waals surface area contributed by atoms with Gasteiger partial charge in [0.15, 0.2) is 5.69 Å². The molecule has 1 aromatic carbocycles. The Balaban J connectivity index is 1.87. The number of rotatable bonds is 2. The molecular weight excluding hydrogens is 228 g/mol. The molecule has 0 spiro atoms. The van der Waals surface area contributed by atoms with E-state index in [4.69, 9.17) is 5.11 Å². The molecule has 0 saturated carbocycles. The Hall–Kier alpha value is -2.10. The van der Waals surface area contributed by atoms with Crippen molar-refractivity contribution in [3.05, 3.63) is 53.6 Å². The molecule has 92 valence electrons. The van der Waals surface area contributed by atoms with Gasteiger partial charge in [-0.3, -0.25) is 0 Å². The number of fused-ring (bicyclic) bond motifs is 1. The number of hydrogen-bond acceptors (Lipinski definition) is 2. The van der Waals surface area contributed by atoms with Gasteiger partial charge in [0.1, 0.15) is 5.82 Å². The van der Waals surface area contributed by atoms with E-state index in [1.165, 1.54) is 5.56 Å². The van der Waals surface area contributed by atoms with Gasteiger partial charge in [-0.25, -0.2) is 9.78 Å². The van der Waals surface area contributed by atoms with Crippen LogP contribution in [0.4, 0.5) is 0 Å². The molecule has 1 atom stereocenters. The van der Waals surface area contributed by atoms with Crippen LogP contribution in [0.3, 0.4) is 0 Å². The summed E-state index contributed by atoms with van der Waals surface area (Å²) in [5.74, 6) is 0.378. The number of carboxylic acids is 1. The minimum atomic E-state index is -0.951. The Kier molecular flexibility index (Phi) is 2.63. The topological polar surface area (TPSA) is 55.1 Å². The molecule has 0 aliphatic carbocycles. The van der Waals surface area contributed by atoms with Gasteiger partial charge in [0, 0.05) is 19.2 Å². The summed E-state index contributed by atoms with van der Waals surface area (Å²) in [6.45, 7) is 0.842. The van der Waals surface area contributed by atoms with Gasteiger partial charge in [-0.15, -0.1) is 0 Å². The first-order chi connectivity index (χ1) is 8.74. The van der Waals surface area contributed by atoms with E-state index in [2.05, 4.69) is 17.1 Å². The largest absolute Gasteiger partial charge is 0.476 e. The molecule has 1 aliphatic rings. The van der Waals surface area contributed by atoms with Gasteiger partial charge in [0.05, 0.1) is 0 Å². The number of aromatic nitrogens is 2. The zero-order chi connectivity index (χ0) is 12.5. The summed E-state index contributed by atoms with van der Waals surface area (Å²) in [6, 6.07) is 10.3.